The van der Waals surface area contributed by atoms with Crippen LogP contribution in [0.3, 0.4) is 0 Å². The van der Waals surface area contributed by atoms with E-state index >= 15 is 0 Å². The molecule has 0 aromatic rings. The van der Waals surface area contributed by atoms with Gasteiger partial charge in [-0.05, 0) is 0 Å². The Balaban J connectivity index is 0. The zero-order chi connectivity index (χ0) is 15.3. The second-order valence-electron chi connectivity index (χ2n) is 5.28. The van der Waals surface area contributed by atoms with Gasteiger partial charge in [0.2, 0.25) is 0 Å². The fourth-order valence-electron chi connectivity index (χ4n) is 1.17. The van der Waals surface area contributed by atoms with Gasteiger partial charge in [-0.3, -0.25) is 4.79 Å². The predicted octanol–water partition coefficient (Wildman–Crippen LogP) is -3.76. The van der Waals surface area contributed by atoms with Crippen LogP contribution >= 0.6 is 0 Å². The number of likely N-dealkylation sites (N-methyl/N-ethyl adjacent to an activating group) is 1. The monoisotopic (exact) mass is 339 g/mol. The number of nitrogens with zero attached hydrogens (tertiary/aromatic N) is 1. The molecule has 0 aromatic carbocycles. The number of carbonyl (C=O) groups excluding carboxylic acids is 3. The van der Waals surface area contributed by atoms with E-state index in [0.29, 0.717) is 11.0 Å². The number of hydrogen-bond acceptors (Lipinski definition) is 7. The molecule has 0 saturated heterocycles. The molecule has 0 amide bonds. The van der Waals surface area contributed by atoms with Crippen LogP contribution in [0.2, 0.25) is 0 Å². The number of quaternary nitrogens is 1. The zero-order valence-electron chi connectivity index (χ0n) is 11.5. The van der Waals surface area contributed by atoms with Crippen LogP contribution in [0.25, 0.3) is 0 Å². The first-order valence-corrected chi connectivity index (χ1v) is 5.56. The van der Waals surface area contributed by atoms with Crippen molar-refractivity contribution in [2.24, 2.45) is 0 Å². The Labute approximate surface area is 127 Å². The van der Waals surface area contributed by atoms with E-state index < -0.39 is 36.4 Å². The Morgan fingerprint density at radius 1 is 1.15 bits per heavy atom. The minimum Gasteiger partial charge on any atom is -0.550 e. The molecule has 0 fully saturated rings. The summed E-state index contributed by atoms with van der Waals surface area (Å²) in [4.78, 5) is 32.3. The molecule has 121 valence electrons. The number of hydrogen-bond donors (Lipinski definition) is 1. The fourth-order valence-corrected chi connectivity index (χ4v) is 1.17. The van der Waals surface area contributed by atoms with Crippen molar-refractivity contribution in [3.05, 3.63) is 0 Å². The summed E-state index contributed by atoms with van der Waals surface area (Å²) in [5, 5.41) is 30.5. The van der Waals surface area contributed by atoms with Crippen LogP contribution < -0.4 is 10.2 Å². The van der Waals surface area contributed by atoms with E-state index in [1.807, 2.05) is 21.1 Å². The maximum absolute atomic E-state index is 11.3. The fraction of sp³-hybridized carbons (Fsp3) is 0.727. The maximum atomic E-state index is 11.3. The number of aliphatic carboxylic acids is 2. The van der Waals surface area contributed by atoms with Gasteiger partial charge in [0.1, 0.15) is 18.8 Å². The molecule has 0 heterocycles. The minimum absolute atomic E-state index is 0. The van der Waals surface area contributed by atoms with Crippen LogP contribution in [0, 0.1) is 0 Å². The molecule has 0 rings (SSSR count). The smallest absolute Gasteiger partial charge is 0.309 e. The summed E-state index contributed by atoms with van der Waals surface area (Å²) >= 11 is 0. The Kier molecular flexibility index (Phi) is 8.68. The predicted molar refractivity (Wildman–Crippen MR) is 58.1 cm³/mol. The molecule has 1 atom stereocenters. The summed E-state index contributed by atoms with van der Waals surface area (Å²) in [5.41, 5.74) is -2.81. The van der Waals surface area contributed by atoms with Crippen LogP contribution in [0.4, 0.5) is 0 Å². The molecule has 9 heteroatoms. The van der Waals surface area contributed by atoms with Gasteiger partial charge in [0.25, 0.3) is 0 Å². The molecule has 0 saturated carbocycles. The van der Waals surface area contributed by atoms with Crippen molar-refractivity contribution in [2.45, 2.75) is 18.4 Å². The molecular weight excluding hydrogens is 322 g/mol. The van der Waals surface area contributed by atoms with Crippen LogP contribution in [-0.4, -0.2) is 67.4 Å². The molecule has 20 heavy (non-hydrogen) atoms. The summed E-state index contributed by atoms with van der Waals surface area (Å²) in [7, 11) is 5.59. The number of carboxylic acids is 2. The molecule has 0 aliphatic heterocycles. The van der Waals surface area contributed by atoms with Gasteiger partial charge in [-0.15, -0.1) is 0 Å². The van der Waals surface area contributed by atoms with Crippen molar-refractivity contribution < 1.29 is 56.0 Å². The summed E-state index contributed by atoms with van der Waals surface area (Å²) in [6, 6.07) is 0. The van der Waals surface area contributed by atoms with E-state index in [1.165, 1.54) is 0 Å². The number of esters is 1. The number of aliphatic hydroxyl groups is 1. The van der Waals surface area contributed by atoms with E-state index in [4.69, 9.17) is 4.74 Å². The van der Waals surface area contributed by atoms with E-state index in [0.717, 1.165) is 0 Å². The van der Waals surface area contributed by atoms with Crippen LogP contribution in [-0.2, 0) is 36.2 Å². The maximum Gasteiger partial charge on any atom is 0.309 e. The molecule has 0 bridgehead atoms. The molecule has 0 spiro atoms. The molecule has 1 unspecified atom stereocenters. The second-order valence-corrected chi connectivity index (χ2v) is 5.28. The van der Waals surface area contributed by atoms with Crippen LogP contribution in [0.1, 0.15) is 12.8 Å². The van der Waals surface area contributed by atoms with Crippen LogP contribution in [0.15, 0.2) is 0 Å². The molecule has 1 N–H and O–H groups in total. The van der Waals surface area contributed by atoms with Crippen molar-refractivity contribution in [3.63, 3.8) is 0 Å². The van der Waals surface area contributed by atoms with Gasteiger partial charge in [0.15, 0.2) is 0 Å². The van der Waals surface area contributed by atoms with Gasteiger partial charge >= 0.3 is 5.97 Å². The third kappa shape index (κ3) is 8.87. The number of ether oxygens (including phenoxy) is 1. The Morgan fingerprint density at radius 2 is 1.65 bits per heavy atom. The quantitative estimate of drug-likeness (QED) is 0.273. The summed E-state index contributed by atoms with van der Waals surface area (Å²) in [5.74, 6) is -4.87. The van der Waals surface area contributed by atoms with Crippen molar-refractivity contribution in [2.75, 3.05) is 34.3 Å². The van der Waals surface area contributed by atoms with Gasteiger partial charge in [0, 0.05) is 29.5 Å². The van der Waals surface area contributed by atoms with Gasteiger partial charge in [-0.25, -0.2) is 0 Å². The van der Waals surface area contributed by atoms with E-state index in [-0.39, 0.29) is 23.7 Å². The minimum atomic E-state index is -2.81. The standard InChI is InChI=1S/C11H19NO7.Cu/c1-12(2,3)4-5-19-9(15)7-11(18,10(16)17)6-8(13)14;/h18H,4-7H2,1-3H3,(H-,13,14,16,17);/p-1. The second kappa shape index (κ2) is 8.21. The van der Waals surface area contributed by atoms with Crippen molar-refractivity contribution >= 4 is 17.9 Å². The Bertz CT molecular complexity index is 366. The third-order valence-corrected chi connectivity index (χ3v) is 2.28. The third-order valence-electron chi connectivity index (χ3n) is 2.28. The topological polar surface area (TPSA) is 127 Å². The molecular formula is C11H18CuNO7-. The summed E-state index contributed by atoms with van der Waals surface area (Å²) in [6.07, 6.45) is -2.24. The number of rotatable bonds is 8. The largest absolute Gasteiger partial charge is 0.550 e. The average molecular weight is 340 g/mol. The summed E-state index contributed by atoms with van der Waals surface area (Å²) in [6.45, 7) is 0.507. The number of carbonyl (C=O) groups is 3. The van der Waals surface area contributed by atoms with Crippen molar-refractivity contribution in [1.82, 2.24) is 0 Å². The molecule has 0 aromatic heterocycles. The normalized spacial score (nSPS) is 13.8. The first kappa shape index (κ1) is 21.2. The zero-order valence-corrected chi connectivity index (χ0v) is 12.4. The van der Waals surface area contributed by atoms with Gasteiger partial charge < -0.3 is 34.1 Å². The van der Waals surface area contributed by atoms with Gasteiger partial charge in [-0.1, -0.05) is 0 Å². The Morgan fingerprint density at radius 3 is 2.00 bits per heavy atom. The van der Waals surface area contributed by atoms with E-state index in [9.17, 15) is 29.7 Å². The van der Waals surface area contributed by atoms with Gasteiger partial charge in [-0.2, -0.15) is 0 Å². The SMILES string of the molecule is C[N+](C)(C)CCOC(=O)CC(O)(CC(=O)[O-])C(=O)[O-].[Cu]. The van der Waals surface area contributed by atoms with E-state index in [1.54, 1.807) is 0 Å². The van der Waals surface area contributed by atoms with Gasteiger partial charge in [0.05, 0.1) is 33.5 Å². The average Bonchev–Trinajstić information content (AvgIpc) is 2.12. The molecule has 8 nitrogen and oxygen atoms in total. The molecule has 0 aliphatic rings. The first-order chi connectivity index (χ1) is 8.46. The van der Waals surface area contributed by atoms with Crippen molar-refractivity contribution in [1.29, 1.82) is 0 Å². The van der Waals surface area contributed by atoms with E-state index in [2.05, 4.69) is 0 Å². The molecule has 0 aliphatic carbocycles. The molecule has 1 radical (unpaired) electrons. The first-order valence-electron chi connectivity index (χ1n) is 5.56. The Hall–Kier alpha value is -1.15. The number of carboxylic acid groups (broad SMARTS) is 2. The van der Waals surface area contributed by atoms with Crippen LogP contribution in [0.5, 0.6) is 0 Å². The summed E-state index contributed by atoms with van der Waals surface area (Å²) < 4.78 is 5.25. The van der Waals surface area contributed by atoms with Crippen molar-refractivity contribution in [3.8, 4) is 0 Å².